The summed E-state index contributed by atoms with van der Waals surface area (Å²) in [7, 11) is 0. The first-order valence-electron chi connectivity index (χ1n) is 6.36. The number of nitrogens with two attached hydrogens (primary N) is 1. The molecule has 1 unspecified atom stereocenters. The van der Waals surface area contributed by atoms with Crippen LogP contribution >= 0.6 is 27.3 Å². The summed E-state index contributed by atoms with van der Waals surface area (Å²) in [6, 6.07) is 8.84. The zero-order chi connectivity index (χ0) is 12.5. The van der Waals surface area contributed by atoms with Crippen LogP contribution in [0.4, 0.5) is 0 Å². The molecule has 0 spiro atoms. The van der Waals surface area contributed by atoms with E-state index in [9.17, 15) is 0 Å². The van der Waals surface area contributed by atoms with E-state index < -0.39 is 0 Å². The first-order valence-corrected chi connectivity index (χ1v) is 8.03. The number of benzene rings is 1. The number of halogens is 1. The molecule has 3 heteroatoms. The van der Waals surface area contributed by atoms with Gasteiger partial charge in [-0.05, 0) is 69.8 Å². The van der Waals surface area contributed by atoms with Gasteiger partial charge in [-0.1, -0.05) is 18.2 Å². The van der Waals surface area contributed by atoms with E-state index >= 15 is 0 Å². The van der Waals surface area contributed by atoms with Crippen LogP contribution in [0.3, 0.4) is 0 Å². The third-order valence-corrected chi connectivity index (χ3v) is 5.61. The van der Waals surface area contributed by atoms with E-state index in [0.717, 1.165) is 4.47 Å². The van der Waals surface area contributed by atoms with Crippen molar-refractivity contribution in [3.05, 3.63) is 55.7 Å². The van der Waals surface area contributed by atoms with Gasteiger partial charge in [-0.25, -0.2) is 0 Å². The molecule has 0 radical (unpaired) electrons. The maximum atomic E-state index is 6.38. The summed E-state index contributed by atoms with van der Waals surface area (Å²) in [5, 5.41) is 2.08. The fourth-order valence-corrected chi connectivity index (χ4v) is 4.27. The van der Waals surface area contributed by atoms with Gasteiger partial charge >= 0.3 is 0 Å². The SMILES string of the molecule is NC(c1ccc2c(c1)CCCC2)c1sccc1Br. The van der Waals surface area contributed by atoms with Gasteiger partial charge in [0.25, 0.3) is 0 Å². The first-order chi connectivity index (χ1) is 8.75. The van der Waals surface area contributed by atoms with E-state index in [2.05, 4.69) is 45.6 Å². The molecule has 94 valence electrons. The zero-order valence-corrected chi connectivity index (χ0v) is 12.6. The van der Waals surface area contributed by atoms with E-state index in [0.29, 0.717) is 0 Å². The molecule has 2 N–H and O–H groups in total. The average molecular weight is 322 g/mol. The van der Waals surface area contributed by atoms with Gasteiger partial charge in [0.1, 0.15) is 0 Å². The summed E-state index contributed by atoms with van der Waals surface area (Å²) in [4.78, 5) is 1.21. The molecule has 1 aromatic heterocycles. The number of hydrogen-bond donors (Lipinski definition) is 1. The van der Waals surface area contributed by atoms with Crippen LogP contribution in [0.25, 0.3) is 0 Å². The third kappa shape index (κ3) is 2.27. The molecule has 0 amide bonds. The molecule has 1 aromatic carbocycles. The maximum absolute atomic E-state index is 6.38. The predicted molar refractivity (Wildman–Crippen MR) is 81.1 cm³/mol. The Hall–Kier alpha value is -0.640. The van der Waals surface area contributed by atoms with Gasteiger partial charge in [0.05, 0.1) is 6.04 Å². The third-order valence-electron chi connectivity index (χ3n) is 3.66. The van der Waals surface area contributed by atoms with E-state index in [4.69, 9.17) is 5.73 Å². The van der Waals surface area contributed by atoms with Gasteiger partial charge in [0, 0.05) is 9.35 Å². The highest BCUT2D eigenvalue weighted by molar-refractivity contribution is 9.10. The molecule has 3 rings (SSSR count). The Morgan fingerprint density at radius 2 is 1.89 bits per heavy atom. The average Bonchev–Trinajstić information content (AvgIpc) is 2.83. The van der Waals surface area contributed by atoms with Crippen LogP contribution in [-0.4, -0.2) is 0 Å². The smallest absolute Gasteiger partial charge is 0.0657 e. The van der Waals surface area contributed by atoms with Crippen molar-refractivity contribution in [3.63, 3.8) is 0 Å². The molecule has 1 heterocycles. The lowest BCUT2D eigenvalue weighted by molar-refractivity contribution is 0.683. The molecule has 1 aliphatic carbocycles. The van der Waals surface area contributed by atoms with Crippen LogP contribution in [0.1, 0.15) is 40.5 Å². The second-order valence-corrected chi connectivity index (χ2v) is 6.65. The molecule has 0 fully saturated rings. The molecule has 1 nitrogen and oxygen atoms in total. The molecule has 0 aliphatic heterocycles. The lowest BCUT2D eigenvalue weighted by atomic mass is 9.89. The first kappa shape index (κ1) is 12.4. The minimum atomic E-state index is -0.00778. The largest absolute Gasteiger partial charge is 0.320 e. The zero-order valence-electron chi connectivity index (χ0n) is 10.2. The molecular weight excluding hydrogens is 306 g/mol. The molecule has 0 saturated heterocycles. The van der Waals surface area contributed by atoms with Crippen LogP contribution in [-0.2, 0) is 12.8 Å². The van der Waals surface area contributed by atoms with Crippen molar-refractivity contribution in [3.8, 4) is 0 Å². The molecule has 18 heavy (non-hydrogen) atoms. The normalized spacial score (nSPS) is 16.3. The quantitative estimate of drug-likeness (QED) is 0.869. The highest BCUT2D eigenvalue weighted by atomic mass is 79.9. The minimum absolute atomic E-state index is 0.00778. The monoisotopic (exact) mass is 321 g/mol. The van der Waals surface area contributed by atoms with Crippen LogP contribution in [0.15, 0.2) is 34.1 Å². The Labute approximate surface area is 120 Å². The number of aryl methyl sites for hydroxylation is 2. The topological polar surface area (TPSA) is 26.0 Å². The molecule has 1 aliphatic rings. The van der Waals surface area contributed by atoms with Gasteiger partial charge < -0.3 is 5.73 Å². The van der Waals surface area contributed by atoms with Gasteiger partial charge in [0.15, 0.2) is 0 Å². The Kier molecular flexibility index (Phi) is 3.55. The Morgan fingerprint density at radius 3 is 2.61 bits per heavy atom. The van der Waals surface area contributed by atoms with Crippen LogP contribution < -0.4 is 5.73 Å². The Balaban J connectivity index is 1.95. The standard InChI is InChI=1S/C15H16BrNS/c16-13-7-8-18-15(13)14(17)12-6-5-10-3-1-2-4-11(10)9-12/h5-9,14H,1-4,17H2. The minimum Gasteiger partial charge on any atom is -0.320 e. The van der Waals surface area contributed by atoms with Gasteiger partial charge in [-0.15, -0.1) is 11.3 Å². The summed E-state index contributed by atoms with van der Waals surface area (Å²) in [5.74, 6) is 0. The summed E-state index contributed by atoms with van der Waals surface area (Å²) >= 11 is 5.29. The molecule has 2 aromatic rings. The van der Waals surface area contributed by atoms with Crippen molar-refractivity contribution < 1.29 is 0 Å². The maximum Gasteiger partial charge on any atom is 0.0657 e. The van der Waals surface area contributed by atoms with Crippen molar-refractivity contribution in [2.45, 2.75) is 31.7 Å². The van der Waals surface area contributed by atoms with E-state index in [1.54, 1.807) is 11.3 Å². The van der Waals surface area contributed by atoms with Crippen molar-refractivity contribution in [1.82, 2.24) is 0 Å². The highest BCUT2D eigenvalue weighted by Crippen LogP contribution is 2.33. The van der Waals surface area contributed by atoms with Crippen LogP contribution in [0.2, 0.25) is 0 Å². The Bertz CT molecular complexity index is 561. The predicted octanol–water partition coefficient (Wildman–Crippen LogP) is 4.44. The van der Waals surface area contributed by atoms with Crippen LogP contribution in [0.5, 0.6) is 0 Å². The number of thiophene rings is 1. The lowest BCUT2D eigenvalue weighted by Crippen LogP contribution is -2.12. The number of fused-ring (bicyclic) bond motifs is 1. The van der Waals surface area contributed by atoms with Gasteiger partial charge in [-0.2, -0.15) is 0 Å². The van der Waals surface area contributed by atoms with Crippen molar-refractivity contribution >= 4 is 27.3 Å². The molecule has 0 bridgehead atoms. The second-order valence-electron chi connectivity index (χ2n) is 4.85. The summed E-state index contributed by atoms with van der Waals surface area (Å²) in [5.41, 5.74) is 10.6. The van der Waals surface area contributed by atoms with Crippen molar-refractivity contribution in [2.75, 3.05) is 0 Å². The summed E-state index contributed by atoms with van der Waals surface area (Å²) in [6.45, 7) is 0. The fourth-order valence-electron chi connectivity index (χ4n) is 2.63. The number of hydrogen-bond acceptors (Lipinski definition) is 2. The highest BCUT2D eigenvalue weighted by Gasteiger charge is 2.16. The molecule has 0 saturated carbocycles. The van der Waals surface area contributed by atoms with Crippen molar-refractivity contribution in [1.29, 1.82) is 0 Å². The van der Waals surface area contributed by atoms with E-state index in [-0.39, 0.29) is 6.04 Å². The fraction of sp³-hybridized carbons (Fsp3) is 0.333. The van der Waals surface area contributed by atoms with E-state index in [1.165, 1.54) is 47.3 Å². The lowest BCUT2D eigenvalue weighted by Gasteiger charge is -2.19. The van der Waals surface area contributed by atoms with Crippen LogP contribution in [0, 0.1) is 0 Å². The van der Waals surface area contributed by atoms with Crippen molar-refractivity contribution in [2.24, 2.45) is 5.73 Å². The van der Waals surface area contributed by atoms with E-state index in [1.807, 2.05) is 0 Å². The van der Waals surface area contributed by atoms with Gasteiger partial charge in [-0.3, -0.25) is 0 Å². The van der Waals surface area contributed by atoms with Gasteiger partial charge in [0.2, 0.25) is 0 Å². The molecular formula is C15H16BrNS. The summed E-state index contributed by atoms with van der Waals surface area (Å²) in [6.07, 6.45) is 5.08. The number of rotatable bonds is 2. The second kappa shape index (κ2) is 5.16. The Morgan fingerprint density at radius 1 is 1.11 bits per heavy atom. The summed E-state index contributed by atoms with van der Waals surface area (Å²) < 4.78 is 1.12. The molecule has 1 atom stereocenters.